The minimum atomic E-state index is -0.865. The molecule has 2 aromatic rings. The molecular weight excluding hydrogens is 284 g/mol. The minimum absolute atomic E-state index is 0.00866. The number of thiazole rings is 1. The van der Waals surface area contributed by atoms with Crippen LogP contribution in [0.5, 0.6) is 5.75 Å². The van der Waals surface area contributed by atoms with E-state index in [4.69, 9.17) is 15.9 Å². The molecule has 0 amide bonds. The Morgan fingerprint density at radius 1 is 1.40 bits per heavy atom. The lowest BCUT2D eigenvalue weighted by atomic mass is 10.2. The van der Waals surface area contributed by atoms with Crippen LogP contribution < -0.4 is 10.5 Å². The molecule has 1 aromatic carbocycles. The fourth-order valence-electron chi connectivity index (χ4n) is 1.67. The molecule has 0 aliphatic rings. The largest absolute Gasteiger partial charge is 0.487 e. The van der Waals surface area contributed by atoms with Gasteiger partial charge in [0.1, 0.15) is 5.84 Å². The van der Waals surface area contributed by atoms with Crippen molar-refractivity contribution in [2.24, 2.45) is 5.73 Å². The topological polar surface area (TPSA) is 72.0 Å². The monoisotopic (exact) mass is 297 g/mol. The summed E-state index contributed by atoms with van der Waals surface area (Å²) in [6.45, 7) is 2.02. The van der Waals surface area contributed by atoms with E-state index in [-0.39, 0.29) is 12.2 Å². The molecule has 0 bridgehead atoms. The quantitative estimate of drug-likeness (QED) is 0.658. The van der Waals surface area contributed by atoms with Gasteiger partial charge in [0.05, 0.1) is 17.8 Å². The van der Waals surface area contributed by atoms with Crippen LogP contribution in [0.25, 0.3) is 0 Å². The van der Waals surface area contributed by atoms with Gasteiger partial charge in [0.2, 0.25) is 0 Å². The van der Waals surface area contributed by atoms with Gasteiger partial charge >= 0.3 is 0 Å². The first-order chi connectivity index (χ1) is 9.49. The summed E-state index contributed by atoms with van der Waals surface area (Å²) < 4.78 is 32.5. The second-order valence-corrected chi connectivity index (χ2v) is 5.08. The van der Waals surface area contributed by atoms with Gasteiger partial charge in [-0.2, -0.15) is 0 Å². The summed E-state index contributed by atoms with van der Waals surface area (Å²) in [5, 5.41) is 7.15. The van der Waals surface area contributed by atoms with Crippen LogP contribution in [0.4, 0.5) is 8.78 Å². The Morgan fingerprint density at radius 3 is 2.55 bits per heavy atom. The van der Waals surface area contributed by atoms with Gasteiger partial charge in [0.15, 0.2) is 17.4 Å². The summed E-state index contributed by atoms with van der Waals surface area (Å²) in [6, 6.07) is 1.97. The number of aryl methyl sites for hydroxylation is 1. The van der Waals surface area contributed by atoms with Crippen molar-refractivity contribution in [1.82, 2.24) is 4.98 Å². The van der Waals surface area contributed by atoms with Crippen LogP contribution in [-0.2, 0) is 6.42 Å². The molecule has 0 saturated carbocycles. The molecule has 20 heavy (non-hydrogen) atoms. The maximum absolute atomic E-state index is 13.7. The van der Waals surface area contributed by atoms with Gasteiger partial charge in [-0.05, 0) is 19.1 Å². The first kappa shape index (κ1) is 14.4. The smallest absolute Gasteiger partial charge is 0.190 e. The van der Waals surface area contributed by atoms with E-state index < -0.39 is 23.2 Å². The van der Waals surface area contributed by atoms with Gasteiger partial charge in [0.25, 0.3) is 0 Å². The molecule has 106 valence electrons. The predicted molar refractivity (Wildman–Crippen MR) is 73.4 cm³/mol. The number of halogens is 2. The average Bonchev–Trinajstić information content (AvgIpc) is 2.78. The van der Waals surface area contributed by atoms with Crippen molar-refractivity contribution in [3.8, 4) is 5.75 Å². The van der Waals surface area contributed by atoms with Crippen LogP contribution in [0.2, 0.25) is 0 Å². The Hall–Kier alpha value is -2.02. The molecule has 7 heteroatoms. The van der Waals surface area contributed by atoms with Crippen molar-refractivity contribution in [1.29, 1.82) is 5.41 Å². The molecule has 0 spiro atoms. The molecule has 0 radical (unpaired) electrons. The van der Waals surface area contributed by atoms with E-state index in [0.29, 0.717) is 6.42 Å². The Bertz CT molecular complexity index is 619. The van der Waals surface area contributed by atoms with E-state index in [1.807, 2.05) is 6.92 Å². The van der Waals surface area contributed by atoms with Gasteiger partial charge in [-0.25, -0.2) is 13.8 Å². The zero-order chi connectivity index (χ0) is 14.7. The van der Waals surface area contributed by atoms with Crippen LogP contribution in [0.3, 0.4) is 0 Å². The predicted octanol–water partition coefficient (Wildman–Crippen LogP) is 2.64. The minimum Gasteiger partial charge on any atom is -0.487 e. The highest BCUT2D eigenvalue weighted by molar-refractivity contribution is 7.09. The molecular formula is C13H13F2N3OS. The van der Waals surface area contributed by atoms with E-state index >= 15 is 0 Å². The van der Waals surface area contributed by atoms with Crippen molar-refractivity contribution in [3.63, 3.8) is 0 Å². The molecule has 3 N–H and O–H groups in total. The van der Waals surface area contributed by atoms with Crippen LogP contribution in [-0.4, -0.2) is 17.4 Å². The normalized spacial score (nSPS) is 10.6. The van der Waals surface area contributed by atoms with E-state index in [1.54, 1.807) is 5.51 Å². The van der Waals surface area contributed by atoms with Crippen molar-refractivity contribution >= 4 is 17.2 Å². The zero-order valence-corrected chi connectivity index (χ0v) is 11.6. The number of nitrogen functional groups attached to an aromatic ring is 1. The summed E-state index contributed by atoms with van der Waals surface area (Å²) in [4.78, 5) is 5.11. The van der Waals surface area contributed by atoms with E-state index in [1.165, 1.54) is 11.3 Å². The van der Waals surface area contributed by atoms with E-state index in [9.17, 15) is 8.78 Å². The fraction of sp³-hybridized carbons (Fsp3) is 0.231. The maximum atomic E-state index is 13.7. The number of rotatable bonds is 5. The molecule has 2 rings (SSSR count). The van der Waals surface area contributed by atoms with Crippen molar-refractivity contribution < 1.29 is 13.5 Å². The number of nitrogens with one attached hydrogen (secondary N) is 1. The SMILES string of the molecule is Cc1ncsc1CCOc1c(F)cc(C(=N)N)cc1F. The van der Waals surface area contributed by atoms with Gasteiger partial charge in [-0.3, -0.25) is 5.41 Å². The molecule has 0 saturated heterocycles. The van der Waals surface area contributed by atoms with E-state index in [2.05, 4.69) is 4.98 Å². The molecule has 0 fully saturated rings. The molecule has 0 aliphatic heterocycles. The first-order valence-electron chi connectivity index (χ1n) is 5.84. The highest BCUT2D eigenvalue weighted by Crippen LogP contribution is 2.24. The van der Waals surface area contributed by atoms with Crippen molar-refractivity contribution in [2.45, 2.75) is 13.3 Å². The number of ether oxygens (including phenoxy) is 1. The highest BCUT2D eigenvalue weighted by atomic mass is 32.1. The van der Waals surface area contributed by atoms with Gasteiger partial charge < -0.3 is 10.5 Å². The summed E-state index contributed by atoms with van der Waals surface area (Å²) in [7, 11) is 0. The zero-order valence-electron chi connectivity index (χ0n) is 10.7. The Morgan fingerprint density at radius 2 is 2.05 bits per heavy atom. The Kier molecular flexibility index (Phi) is 4.29. The summed E-state index contributed by atoms with van der Waals surface area (Å²) in [5.74, 6) is -2.57. The van der Waals surface area contributed by atoms with Gasteiger partial charge in [0, 0.05) is 16.9 Å². The van der Waals surface area contributed by atoms with E-state index in [0.717, 1.165) is 22.7 Å². The van der Waals surface area contributed by atoms with Crippen LogP contribution >= 0.6 is 11.3 Å². The lowest BCUT2D eigenvalue weighted by Crippen LogP contribution is -2.13. The van der Waals surface area contributed by atoms with Gasteiger partial charge in [-0.1, -0.05) is 0 Å². The van der Waals surface area contributed by atoms with Crippen molar-refractivity contribution in [3.05, 3.63) is 45.4 Å². The molecule has 4 nitrogen and oxygen atoms in total. The van der Waals surface area contributed by atoms with Crippen LogP contribution in [0.1, 0.15) is 16.1 Å². The number of benzene rings is 1. The molecule has 1 heterocycles. The third-order valence-corrected chi connectivity index (χ3v) is 3.72. The lowest BCUT2D eigenvalue weighted by Gasteiger charge is -2.09. The second-order valence-electron chi connectivity index (χ2n) is 4.14. The summed E-state index contributed by atoms with van der Waals surface area (Å²) in [5.41, 5.74) is 7.79. The third-order valence-electron chi connectivity index (χ3n) is 2.73. The third kappa shape index (κ3) is 3.11. The van der Waals surface area contributed by atoms with Crippen LogP contribution in [0, 0.1) is 24.0 Å². The first-order valence-corrected chi connectivity index (χ1v) is 6.72. The average molecular weight is 297 g/mol. The molecule has 0 atom stereocenters. The number of hydrogen-bond donors (Lipinski definition) is 2. The lowest BCUT2D eigenvalue weighted by molar-refractivity contribution is 0.289. The highest BCUT2D eigenvalue weighted by Gasteiger charge is 2.14. The standard InChI is InChI=1S/C13H13F2N3OS/c1-7-11(20-6-18-7)2-3-19-12-9(14)4-8(13(16)17)5-10(12)15/h4-6H,2-3H2,1H3,(H3,16,17). The van der Waals surface area contributed by atoms with Crippen molar-refractivity contribution in [2.75, 3.05) is 6.61 Å². The molecule has 0 unspecified atom stereocenters. The van der Waals surface area contributed by atoms with Gasteiger partial charge in [-0.15, -0.1) is 11.3 Å². The number of amidine groups is 1. The number of nitrogens with zero attached hydrogens (tertiary/aromatic N) is 1. The molecule has 0 aliphatic carbocycles. The van der Waals surface area contributed by atoms with Crippen LogP contribution in [0.15, 0.2) is 17.6 Å². The number of aromatic nitrogens is 1. The summed E-state index contributed by atoms with van der Waals surface area (Å²) in [6.07, 6.45) is 0.532. The number of nitrogens with two attached hydrogens (primary N) is 1. The fourth-order valence-corrected chi connectivity index (χ4v) is 2.43. The molecule has 1 aromatic heterocycles. The Balaban J connectivity index is 2.06. The maximum Gasteiger partial charge on any atom is 0.190 e. The number of hydrogen-bond acceptors (Lipinski definition) is 4. The second kappa shape index (κ2) is 5.96. The Labute approximate surface area is 118 Å². The summed E-state index contributed by atoms with van der Waals surface area (Å²) >= 11 is 1.48.